The maximum Gasteiger partial charge on any atom is 0.277 e. The topological polar surface area (TPSA) is 63.8 Å². The highest BCUT2D eigenvalue weighted by molar-refractivity contribution is 6.36. The van der Waals surface area contributed by atoms with Crippen molar-refractivity contribution in [3.05, 3.63) is 75.4 Å². The Kier molecular flexibility index (Phi) is 6.40. The molecule has 3 aromatic rings. The minimum Gasteiger partial charge on any atom is -0.482 e. The van der Waals surface area contributed by atoms with Gasteiger partial charge in [-0.25, -0.2) is 5.43 Å². The number of carbonyl (C=O) groups is 1. The largest absolute Gasteiger partial charge is 0.482 e. The fourth-order valence-corrected chi connectivity index (χ4v) is 2.85. The summed E-state index contributed by atoms with van der Waals surface area (Å²) in [6.45, 7) is -0.217. The number of rotatable bonds is 6. The Morgan fingerprint density at radius 1 is 1.07 bits per heavy atom. The molecular formula is C19H13Cl3N2O3. The van der Waals surface area contributed by atoms with E-state index in [4.69, 9.17) is 44.0 Å². The molecular weight excluding hydrogens is 411 g/mol. The smallest absolute Gasteiger partial charge is 0.277 e. The lowest BCUT2D eigenvalue weighted by atomic mass is 10.2. The summed E-state index contributed by atoms with van der Waals surface area (Å²) in [5, 5.41) is 5.28. The zero-order valence-electron chi connectivity index (χ0n) is 13.8. The number of ether oxygens (including phenoxy) is 1. The van der Waals surface area contributed by atoms with Gasteiger partial charge in [0.25, 0.3) is 5.91 Å². The predicted molar refractivity (Wildman–Crippen MR) is 107 cm³/mol. The summed E-state index contributed by atoms with van der Waals surface area (Å²) >= 11 is 18.0. The number of carbonyl (C=O) groups excluding carboxylic acids is 1. The molecule has 0 unspecified atom stereocenters. The molecule has 0 aliphatic rings. The van der Waals surface area contributed by atoms with Gasteiger partial charge in [-0.1, -0.05) is 46.9 Å². The van der Waals surface area contributed by atoms with E-state index >= 15 is 0 Å². The molecule has 1 heterocycles. The number of para-hydroxylation sites is 1. The first-order valence-electron chi connectivity index (χ1n) is 7.77. The van der Waals surface area contributed by atoms with Crippen molar-refractivity contribution in [1.82, 2.24) is 5.43 Å². The van der Waals surface area contributed by atoms with Crippen LogP contribution in [-0.2, 0) is 4.79 Å². The summed E-state index contributed by atoms with van der Waals surface area (Å²) in [5.41, 5.74) is 3.05. The van der Waals surface area contributed by atoms with Crippen LogP contribution in [0, 0.1) is 0 Å². The molecule has 0 fully saturated rings. The fourth-order valence-electron chi connectivity index (χ4n) is 2.16. The summed E-state index contributed by atoms with van der Waals surface area (Å²) in [6, 6.07) is 15.5. The maximum atomic E-state index is 11.8. The van der Waals surface area contributed by atoms with Gasteiger partial charge in [-0.3, -0.25) is 4.79 Å². The normalized spacial score (nSPS) is 10.9. The van der Waals surface area contributed by atoms with Crippen LogP contribution in [0.15, 0.2) is 64.1 Å². The van der Waals surface area contributed by atoms with Crippen molar-refractivity contribution in [3.8, 4) is 17.1 Å². The highest BCUT2D eigenvalue weighted by Crippen LogP contribution is 2.31. The van der Waals surface area contributed by atoms with E-state index in [1.807, 2.05) is 0 Å². The summed E-state index contributed by atoms with van der Waals surface area (Å²) in [6.07, 6.45) is 1.38. The molecule has 0 bridgehead atoms. The highest BCUT2D eigenvalue weighted by atomic mass is 35.5. The average Bonchev–Trinajstić information content (AvgIpc) is 3.09. The van der Waals surface area contributed by atoms with E-state index in [1.54, 1.807) is 54.6 Å². The Morgan fingerprint density at radius 3 is 2.67 bits per heavy atom. The van der Waals surface area contributed by atoms with E-state index in [9.17, 15) is 4.79 Å². The molecule has 0 saturated heterocycles. The number of hydrogen-bond donors (Lipinski definition) is 1. The molecule has 0 spiro atoms. The third kappa shape index (κ3) is 5.26. The third-order valence-corrected chi connectivity index (χ3v) is 4.26. The molecule has 1 N–H and O–H groups in total. The number of nitrogens with zero attached hydrogens (tertiary/aromatic N) is 1. The van der Waals surface area contributed by atoms with Crippen molar-refractivity contribution in [2.75, 3.05) is 6.61 Å². The molecule has 5 nitrogen and oxygen atoms in total. The van der Waals surface area contributed by atoms with Gasteiger partial charge in [-0.15, -0.1) is 0 Å². The van der Waals surface area contributed by atoms with Crippen LogP contribution in [0.4, 0.5) is 0 Å². The van der Waals surface area contributed by atoms with Gasteiger partial charge in [0.1, 0.15) is 17.3 Å². The zero-order valence-corrected chi connectivity index (χ0v) is 16.1. The second-order valence-electron chi connectivity index (χ2n) is 5.34. The third-order valence-electron chi connectivity index (χ3n) is 3.40. The van der Waals surface area contributed by atoms with Crippen molar-refractivity contribution in [1.29, 1.82) is 0 Å². The summed E-state index contributed by atoms with van der Waals surface area (Å²) in [5.74, 6) is 1.00. The van der Waals surface area contributed by atoms with Gasteiger partial charge in [0.05, 0.1) is 16.3 Å². The molecule has 0 aliphatic heterocycles. The second kappa shape index (κ2) is 8.95. The number of furan rings is 1. The zero-order chi connectivity index (χ0) is 19.2. The van der Waals surface area contributed by atoms with Crippen LogP contribution in [0.2, 0.25) is 15.1 Å². The number of amides is 1. The van der Waals surface area contributed by atoms with Crippen molar-refractivity contribution in [3.63, 3.8) is 0 Å². The van der Waals surface area contributed by atoms with Crippen molar-refractivity contribution in [2.45, 2.75) is 0 Å². The Balaban J connectivity index is 1.55. The fraction of sp³-hybridized carbons (Fsp3) is 0.0526. The van der Waals surface area contributed by atoms with Gasteiger partial charge in [0, 0.05) is 10.6 Å². The number of nitrogens with one attached hydrogen (secondary N) is 1. The van der Waals surface area contributed by atoms with E-state index in [1.165, 1.54) is 6.21 Å². The van der Waals surface area contributed by atoms with Crippen LogP contribution in [0.3, 0.4) is 0 Å². The molecule has 0 saturated carbocycles. The van der Waals surface area contributed by atoms with Gasteiger partial charge < -0.3 is 9.15 Å². The lowest BCUT2D eigenvalue weighted by molar-refractivity contribution is -0.123. The van der Waals surface area contributed by atoms with Crippen LogP contribution in [0.1, 0.15) is 5.76 Å². The summed E-state index contributed by atoms with van der Waals surface area (Å²) in [7, 11) is 0. The van der Waals surface area contributed by atoms with E-state index < -0.39 is 5.91 Å². The molecule has 3 rings (SSSR count). The molecule has 0 radical (unpaired) electrons. The minimum absolute atomic E-state index is 0.217. The molecule has 1 aromatic heterocycles. The highest BCUT2D eigenvalue weighted by Gasteiger charge is 2.09. The first kappa shape index (κ1) is 19.3. The Bertz CT molecular complexity index is 986. The standard InChI is InChI=1S/C19H13Cl3N2O3/c20-12-5-7-14(16(22)9-12)17-8-6-13(27-17)10-23-24-19(25)11-26-18-4-2-1-3-15(18)21/h1-10H,11H2,(H,24,25)/b23-10-. The number of hydrogen-bond acceptors (Lipinski definition) is 4. The summed E-state index contributed by atoms with van der Waals surface area (Å²) in [4.78, 5) is 11.8. The van der Waals surface area contributed by atoms with Crippen LogP contribution < -0.4 is 10.2 Å². The Hall–Kier alpha value is -2.47. The van der Waals surface area contributed by atoms with Crippen molar-refractivity contribution < 1.29 is 13.9 Å². The van der Waals surface area contributed by atoms with E-state index in [0.717, 1.165) is 0 Å². The van der Waals surface area contributed by atoms with Crippen molar-refractivity contribution >= 4 is 46.9 Å². The number of hydrazone groups is 1. The van der Waals surface area contributed by atoms with Crippen LogP contribution >= 0.6 is 34.8 Å². The molecule has 0 aliphatic carbocycles. The van der Waals surface area contributed by atoms with Crippen molar-refractivity contribution in [2.24, 2.45) is 5.10 Å². The lowest BCUT2D eigenvalue weighted by Gasteiger charge is -2.06. The van der Waals surface area contributed by atoms with E-state index in [2.05, 4.69) is 10.5 Å². The van der Waals surface area contributed by atoms with E-state index in [-0.39, 0.29) is 6.61 Å². The molecule has 2 aromatic carbocycles. The summed E-state index contributed by atoms with van der Waals surface area (Å²) < 4.78 is 11.0. The van der Waals surface area contributed by atoms with Crippen LogP contribution in [0.25, 0.3) is 11.3 Å². The maximum absolute atomic E-state index is 11.8. The lowest BCUT2D eigenvalue weighted by Crippen LogP contribution is -2.24. The number of halogens is 3. The average molecular weight is 424 g/mol. The van der Waals surface area contributed by atoms with Gasteiger partial charge in [0.2, 0.25) is 0 Å². The quantitative estimate of drug-likeness (QED) is 0.424. The van der Waals surface area contributed by atoms with Gasteiger partial charge in [-0.05, 0) is 42.5 Å². The van der Waals surface area contributed by atoms with E-state index in [0.29, 0.717) is 37.9 Å². The molecule has 0 atom stereocenters. The molecule has 8 heteroatoms. The Labute approximate surface area is 170 Å². The van der Waals surface area contributed by atoms with Gasteiger partial charge in [0.15, 0.2) is 6.61 Å². The predicted octanol–water partition coefficient (Wildman–Crippen LogP) is 5.44. The Morgan fingerprint density at radius 2 is 1.89 bits per heavy atom. The van der Waals surface area contributed by atoms with Crippen LogP contribution in [-0.4, -0.2) is 18.7 Å². The van der Waals surface area contributed by atoms with Gasteiger partial charge in [-0.2, -0.15) is 5.10 Å². The molecule has 27 heavy (non-hydrogen) atoms. The first-order valence-corrected chi connectivity index (χ1v) is 8.91. The van der Waals surface area contributed by atoms with Gasteiger partial charge >= 0.3 is 0 Å². The monoisotopic (exact) mass is 422 g/mol. The number of benzene rings is 2. The second-order valence-corrected chi connectivity index (χ2v) is 6.59. The minimum atomic E-state index is -0.432. The molecule has 1 amide bonds. The first-order chi connectivity index (χ1) is 13.0. The SMILES string of the molecule is O=C(COc1ccccc1Cl)N/N=C\c1ccc(-c2ccc(Cl)cc2Cl)o1. The van der Waals surface area contributed by atoms with Crippen LogP contribution in [0.5, 0.6) is 5.75 Å². The molecule has 138 valence electrons.